The lowest BCUT2D eigenvalue weighted by molar-refractivity contribution is -0.136. The average Bonchev–Trinajstić information content (AvgIpc) is 2.15. The zero-order chi connectivity index (χ0) is 10.6. The minimum absolute atomic E-state index is 0.0710. The number of hydrogen-bond acceptors (Lipinski definition) is 2. The van der Waals surface area contributed by atoms with Gasteiger partial charge in [0.25, 0.3) is 0 Å². The van der Waals surface area contributed by atoms with Crippen LogP contribution in [0, 0.1) is 0 Å². The molecule has 0 bridgehead atoms. The topological polar surface area (TPSA) is 74.6 Å². The second-order valence-corrected chi connectivity index (χ2v) is 3.76. The molecular formula is C9H10O4S. The van der Waals surface area contributed by atoms with Crippen LogP contribution < -0.4 is 0 Å². The Morgan fingerprint density at radius 1 is 1.29 bits per heavy atom. The van der Waals surface area contributed by atoms with E-state index in [-0.39, 0.29) is 6.42 Å². The van der Waals surface area contributed by atoms with Crippen LogP contribution in [-0.4, -0.2) is 19.8 Å². The SMILES string of the molecule is O=C(O)CCc1ccc(S(=O)O)cc1. The van der Waals surface area contributed by atoms with Crippen LogP contribution in [0.5, 0.6) is 0 Å². The molecule has 0 aliphatic carbocycles. The summed E-state index contributed by atoms with van der Waals surface area (Å²) in [4.78, 5) is 10.6. The number of aryl methyl sites for hydroxylation is 1. The Kier molecular flexibility index (Phi) is 3.79. The number of rotatable bonds is 4. The largest absolute Gasteiger partial charge is 0.481 e. The first-order chi connectivity index (χ1) is 6.59. The van der Waals surface area contributed by atoms with E-state index in [4.69, 9.17) is 9.66 Å². The fourth-order valence-electron chi connectivity index (χ4n) is 1.02. The molecule has 0 aliphatic heterocycles. The molecule has 1 unspecified atom stereocenters. The van der Waals surface area contributed by atoms with Crippen molar-refractivity contribution in [3.05, 3.63) is 29.8 Å². The number of carboxylic acids is 1. The third-order valence-corrected chi connectivity index (χ3v) is 2.43. The first-order valence-electron chi connectivity index (χ1n) is 4.01. The maximum absolute atomic E-state index is 10.6. The van der Waals surface area contributed by atoms with Crippen LogP contribution in [0.3, 0.4) is 0 Å². The van der Waals surface area contributed by atoms with Gasteiger partial charge in [0, 0.05) is 6.42 Å². The summed E-state index contributed by atoms with van der Waals surface area (Å²) >= 11 is -1.97. The Hall–Kier alpha value is -1.20. The third kappa shape index (κ3) is 3.27. The first-order valence-corrected chi connectivity index (χ1v) is 5.12. The predicted molar refractivity (Wildman–Crippen MR) is 51.4 cm³/mol. The summed E-state index contributed by atoms with van der Waals surface area (Å²) in [5, 5.41) is 8.43. The van der Waals surface area contributed by atoms with Gasteiger partial charge in [-0.1, -0.05) is 12.1 Å². The number of aliphatic carboxylic acids is 1. The maximum Gasteiger partial charge on any atom is 0.303 e. The van der Waals surface area contributed by atoms with Crippen molar-refractivity contribution in [2.45, 2.75) is 17.7 Å². The van der Waals surface area contributed by atoms with E-state index in [0.717, 1.165) is 5.56 Å². The molecule has 0 saturated heterocycles. The fourth-order valence-corrected chi connectivity index (χ4v) is 1.39. The molecular weight excluding hydrogens is 204 g/mol. The molecule has 0 heterocycles. The number of benzene rings is 1. The molecule has 0 spiro atoms. The van der Waals surface area contributed by atoms with Gasteiger partial charge in [-0.25, -0.2) is 4.21 Å². The van der Waals surface area contributed by atoms with Gasteiger partial charge in [-0.2, -0.15) is 0 Å². The molecule has 14 heavy (non-hydrogen) atoms. The van der Waals surface area contributed by atoms with E-state index in [1.54, 1.807) is 12.1 Å². The standard InChI is InChI=1S/C9H10O4S/c10-9(11)6-3-7-1-4-8(5-2-7)14(12)13/h1-2,4-5H,3,6H2,(H,10,11)(H,12,13). The first kappa shape index (κ1) is 10.9. The molecule has 1 atom stereocenters. The van der Waals surface area contributed by atoms with Crippen LogP contribution in [0.4, 0.5) is 0 Å². The zero-order valence-electron chi connectivity index (χ0n) is 7.34. The Labute approximate surface area is 83.9 Å². The molecule has 0 fully saturated rings. The van der Waals surface area contributed by atoms with Crippen molar-refractivity contribution in [1.29, 1.82) is 0 Å². The van der Waals surface area contributed by atoms with Gasteiger partial charge in [-0.3, -0.25) is 4.79 Å². The van der Waals surface area contributed by atoms with Crippen LogP contribution in [-0.2, 0) is 22.3 Å². The molecule has 2 N–H and O–H groups in total. The van der Waals surface area contributed by atoms with Crippen molar-refractivity contribution in [1.82, 2.24) is 0 Å². The van der Waals surface area contributed by atoms with Gasteiger partial charge < -0.3 is 9.66 Å². The second-order valence-electron chi connectivity index (χ2n) is 2.79. The van der Waals surface area contributed by atoms with Crippen molar-refractivity contribution in [2.24, 2.45) is 0 Å². The zero-order valence-corrected chi connectivity index (χ0v) is 8.16. The summed E-state index contributed by atoms with van der Waals surface area (Å²) in [5.74, 6) is -0.847. The Balaban J connectivity index is 2.64. The Morgan fingerprint density at radius 3 is 2.29 bits per heavy atom. The lowest BCUT2D eigenvalue weighted by Gasteiger charge is -1.99. The van der Waals surface area contributed by atoms with Crippen LogP contribution in [0.25, 0.3) is 0 Å². The van der Waals surface area contributed by atoms with Gasteiger partial charge >= 0.3 is 5.97 Å². The summed E-state index contributed by atoms with van der Waals surface area (Å²) in [6.07, 6.45) is 0.509. The highest BCUT2D eigenvalue weighted by Crippen LogP contribution is 2.09. The van der Waals surface area contributed by atoms with E-state index in [1.165, 1.54) is 12.1 Å². The van der Waals surface area contributed by atoms with Gasteiger partial charge in [0.05, 0.1) is 4.90 Å². The highest BCUT2D eigenvalue weighted by molar-refractivity contribution is 7.79. The molecule has 0 aromatic heterocycles. The number of carbonyl (C=O) groups is 1. The predicted octanol–water partition coefficient (Wildman–Crippen LogP) is 1.28. The monoisotopic (exact) mass is 214 g/mol. The van der Waals surface area contributed by atoms with E-state index in [0.29, 0.717) is 11.3 Å². The molecule has 0 aliphatic rings. The Bertz CT molecular complexity index is 344. The smallest absolute Gasteiger partial charge is 0.303 e. The molecule has 1 aromatic rings. The van der Waals surface area contributed by atoms with Crippen molar-refractivity contribution in [3.63, 3.8) is 0 Å². The van der Waals surface area contributed by atoms with Crippen molar-refractivity contribution < 1.29 is 18.7 Å². The minimum Gasteiger partial charge on any atom is -0.481 e. The fraction of sp³-hybridized carbons (Fsp3) is 0.222. The number of carboxylic acid groups (broad SMARTS) is 1. The molecule has 4 nitrogen and oxygen atoms in total. The minimum atomic E-state index is -1.97. The van der Waals surface area contributed by atoms with Crippen LogP contribution >= 0.6 is 0 Å². The summed E-state index contributed by atoms with van der Waals surface area (Å²) < 4.78 is 19.3. The Morgan fingerprint density at radius 2 is 1.86 bits per heavy atom. The van der Waals surface area contributed by atoms with Crippen molar-refractivity contribution in [2.75, 3.05) is 0 Å². The average molecular weight is 214 g/mol. The highest BCUT2D eigenvalue weighted by Gasteiger charge is 2.01. The molecule has 1 rings (SSSR count). The van der Waals surface area contributed by atoms with Gasteiger partial charge in [0.1, 0.15) is 0 Å². The van der Waals surface area contributed by atoms with Crippen molar-refractivity contribution >= 4 is 17.0 Å². The summed E-state index contributed by atoms with van der Waals surface area (Å²) in [6, 6.07) is 6.36. The molecule has 1 aromatic carbocycles. The summed E-state index contributed by atoms with van der Waals surface area (Å²) in [5.41, 5.74) is 0.849. The highest BCUT2D eigenvalue weighted by atomic mass is 32.2. The van der Waals surface area contributed by atoms with Gasteiger partial charge in [-0.05, 0) is 24.1 Å². The molecule has 0 saturated carbocycles. The van der Waals surface area contributed by atoms with Crippen LogP contribution in [0.2, 0.25) is 0 Å². The van der Waals surface area contributed by atoms with Gasteiger partial charge in [0.15, 0.2) is 11.1 Å². The van der Waals surface area contributed by atoms with Crippen molar-refractivity contribution in [3.8, 4) is 0 Å². The number of hydrogen-bond donors (Lipinski definition) is 2. The lowest BCUT2D eigenvalue weighted by atomic mass is 10.1. The van der Waals surface area contributed by atoms with E-state index in [1.807, 2.05) is 0 Å². The van der Waals surface area contributed by atoms with E-state index < -0.39 is 17.0 Å². The third-order valence-electron chi connectivity index (χ3n) is 1.75. The summed E-state index contributed by atoms with van der Waals surface area (Å²) in [7, 11) is 0. The van der Waals surface area contributed by atoms with Gasteiger partial charge in [0.2, 0.25) is 0 Å². The second kappa shape index (κ2) is 4.88. The normalized spacial score (nSPS) is 12.4. The van der Waals surface area contributed by atoms with E-state index >= 15 is 0 Å². The molecule has 0 amide bonds. The van der Waals surface area contributed by atoms with Crippen LogP contribution in [0.1, 0.15) is 12.0 Å². The van der Waals surface area contributed by atoms with Gasteiger partial charge in [-0.15, -0.1) is 0 Å². The maximum atomic E-state index is 10.6. The summed E-state index contributed by atoms with van der Waals surface area (Å²) in [6.45, 7) is 0. The molecule has 5 heteroatoms. The lowest BCUT2D eigenvalue weighted by Crippen LogP contribution is -1.97. The quantitative estimate of drug-likeness (QED) is 0.740. The van der Waals surface area contributed by atoms with E-state index in [2.05, 4.69) is 0 Å². The molecule has 0 radical (unpaired) electrons. The van der Waals surface area contributed by atoms with E-state index in [9.17, 15) is 9.00 Å². The van der Waals surface area contributed by atoms with Crippen LogP contribution in [0.15, 0.2) is 29.2 Å². The molecule has 76 valence electrons.